The summed E-state index contributed by atoms with van der Waals surface area (Å²) in [6.07, 6.45) is 0. The van der Waals surface area contributed by atoms with Crippen LogP contribution in [0.1, 0.15) is 27.7 Å². The molecule has 150 valence electrons. The largest absolute Gasteiger partial charge is 0.497 e. The highest BCUT2D eigenvalue weighted by Gasteiger charge is 2.42. The number of aromatic nitrogens is 2. The molecule has 1 unspecified atom stereocenters. The molecule has 0 saturated heterocycles. The van der Waals surface area contributed by atoms with E-state index in [1.54, 1.807) is 31.3 Å². The SMILES string of the molecule is COCCN1C(=O)c2[nH]nc(-c3ccc(OC)cc3)c2C1c1ccc(Cl)cc1Cl. The van der Waals surface area contributed by atoms with Crippen LogP contribution in [0.5, 0.6) is 5.75 Å². The van der Waals surface area contributed by atoms with Crippen molar-refractivity contribution in [3.63, 3.8) is 0 Å². The number of amides is 1. The topological polar surface area (TPSA) is 67.5 Å². The molecule has 2 aromatic carbocycles. The fourth-order valence-electron chi connectivity index (χ4n) is 3.63. The van der Waals surface area contributed by atoms with Crippen LogP contribution in [0.15, 0.2) is 42.5 Å². The minimum atomic E-state index is -0.395. The van der Waals surface area contributed by atoms with Gasteiger partial charge in [-0.05, 0) is 42.0 Å². The van der Waals surface area contributed by atoms with Gasteiger partial charge in [-0.1, -0.05) is 29.3 Å². The minimum absolute atomic E-state index is 0.139. The Hall–Kier alpha value is -2.54. The first-order chi connectivity index (χ1) is 14.0. The van der Waals surface area contributed by atoms with Gasteiger partial charge in [0.2, 0.25) is 0 Å². The first-order valence-electron chi connectivity index (χ1n) is 9.02. The second kappa shape index (κ2) is 8.06. The van der Waals surface area contributed by atoms with Crippen molar-refractivity contribution in [2.24, 2.45) is 0 Å². The number of ether oxygens (including phenoxy) is 2. The molecular formula is C21H19Cl2N3O3. The molecule has 2 heterocycles. The molecule has 29 heavy (non-hydrogen) atoms. The average molecular weight is 432 g/mol. The van der Waals surface area contributed by atoms with E-state index in [9.17, 15) is 4.79 Å². The number of hydrogen-bond donors (Lipinski definition) is 1. The zero-order valence-corrected chi connectivity index (χ0v) is 17.4. The van der Waals surface area contributed by atoms with Crippen molar-refractivity contribution in [2.75, 3.05) is 27.4 Å². The molecule has 1 N–H and O–H groups in total. The standard InChI is InChI=1S/C21H19Cl2N3O3/c1-28-10-9-26-20(15-8-5-13(22)11-16(15)23)17-18(24-25-19(17)21(26)27)12-3-6-14(29-2)7-4-12/h3-8,11,20H,9-10H2,1-2H3,(H,24,25). The first kappa shape index (κ1) is 19.8. The number of rotatable bonds is 6. The smallest absolute Gasteiger partial charge is 0.273 e. The number of H-pyrrole nitrogens is 1. The molecule has 0 radical (unpaired) electrons. The quantitative estimate of drug-likeness (QED) is 0.619. The molecule has 0 saturated carbocycles. The zero-order valence-electron chi connectivity index (χ0n) is 15.9. The van der Waals surface area contributed by atoms with E-state index in [0.29, 0.717) is 34.6 Å². The van der Waals surface area contributed by atoms with Gasteiger partial charge in [-0.3, -0.25) is 9.89 Å². The predicted molar refractivity (Wildman–Crippen MR) is 112 cm³/mol. The fourth-order valence-corrected chi connectivity index (χ4v) is 4.14. The normalized spacial score (nSPS) is 15.7. The number of methoxy groups -OCH3 is 2. The Morgan fingerprint density at radius 1 is 1.14 bits per heavy atom. The zero-order chi connectivity index (χ0) is 20.5. The third-order valence-corrected chi connectivity index (χ3v) is 5.58. The molecule has 3 aromatic rings. The number of halogens is 2. The first-order valence-corrected chi connectivity index (χ1v) is 9.78. The van der Waals surface area contributed by atoms with E-state index in [1.807, 2.05) is 30.3 Å². The second-order valence-electron chi connectivity index (χ2n) is 6.65. The Balaban J connectivity index is 1.86. The number of carbonyl (C=O) groups excluding carboxylic acids is 1. The molecule has 1 aliphatic rings. The van der Waals surface area contributed by atoms with Crippen LogP contribution >= 0.6 is 23.2 Å². The lowest BCUT2D eigenvalue weighted by atomic mass is 9.96. The number of benzene rings is 2. The average Bonchev–Trinajstić information content (AvgIpc) is 3.26. The lowest BCUT2D eigenvalue weighted by Crippen LogP contribution is -2.32. The molecule has 8 heteroatoms. The minimum Gasteiger partial charge on any atom is -0.497 e. The van der Waals surface area contributed by atoms with E-state index >= 15 is 0 Å². The highest BCUT2D eigenvalue weighted by molar-refractivity contribution is 6.35. The molecule has 1 atom stereocenters. The van der Waals surface area contributed by atoms with Crippen molar-refractivity contribution in [2.45, 2.75) is 6.04 Å². The maximum atomic E-state index is 13.1. The number of aromatic amines is 1. The van der Waals surface area contributed by atoms with Gasteiger partial charge in [0.05, 0.1) is 25.5 Å². The summed E-state index contributed by atoms with van der Waals surface area (Å²) < 4.78 is 10.5. The predicted octanol–water partition coefficient (Wildman–Crippen LogP) is 4.58. The Labute approximate surface area is 178 Å². The molecule has 1 aromatic heterocycles. The van der Waals surface area contributed by atoms with Gasteiger partial charge in [0.15, 0.2) is 0 Å². The maximum absolute atomic E-state index is 13.1. The van der Waals surface area contributed by atoms with E-state index < -0.39 is 6.04 Å². The van der Waals surface area contributed by atoms with E-state index in [1.165, 1.54) is 0 Å². The molecule has 6 nitrogen and oxygen atoms in total. The van der Waals surface area contributed by atoms with Crippen LogP contribution in [-0.2, 0) is 4.74 Å². The summed E-state index contributed by atoms with van der Waals surface area (Å²) in [5, 5.41) is 8.39. The highest BCUT2D eigenvalue weighted by Crippen LogP contribution is 2.45. The van der Waals surface area contributed by atoms with Crippen LogP contribution in [0.3, 0.4) is 0 Å². The molecular weight excluding hydrogens is 413 g/mol. The lowest BCUT2D eigenvalue weighted by Gasteiger charge is -2.27. The molecule has 0 bridgehead atoms. The second-order valence-corrected chi connectivity index (χ2v) is 7.49. The molecule has 0 spiro atoms. The summed E-state index contributed by atoms with van der Waals surface area (Å²) in [7, 11) is 3.22. The summed E-state index contributed by atoms with van der Waals surface area (Å²) >= 11 is 12.6. The van der Waals surface area contributed by atoms with Gasteiger partial charge in [0.25, 0.3) is 5.91 Å². The van der Waals surface area contributed by atoms with Gasteiger partial charge < -0.3 is 14.4 Å². The van der Waals surface area contributed by atoms with Crippen molar-refractivity contribution in [3.8, 4) is 17.0 Å². The Kier molecular flexibility index (Phi) is 5.50. The third-order valence-electron chi connectivity index (χ3n) is 5.02. The van der Waals surface area contributed by atoms with Crippen molar-refractivity contribution in [1.82, 2.24) is 15.1 Å². The van der Waals surface area contributed by atoms with Gasteiger partial charge in [-0.25, -0.2) is 0 Å². The monoisotopic (exact) mass is 431 g/mol. The number of nitrogens with one attached hydrogen (secondary N) is 1. The summed E-state index contributed by atoms with van der Waals surface area (Å²) in [4.78, 5) is 14.9. The van der Waals surface area contributed by atoms with Crippen LogP contribution in [0, 0.1) is 0 Å². The van der Waals surface area contributed by atoms with Crippen molar-refractivity contribution >= 4 is 29.1 Å². The van der Waals surface area contributed by atoms with E-state index in [0.717, 1.165) is 22.4 Å². The molecule has 1 amide bonds. The Morgan fingerprint density at radius 3 is 2.55 bits per heavy atom. The third kappa shape index (κ3) is 3.48. The van der Waals surface area contributed by atoms with Crippen LogP contribution < -0.4 is 4.74 Å². The van der Waals surface area contributed by atoms with Crippen molar-refractivity contribution in [1.29, 1.82) is 0 Å². The summed E-state index contributed by atoms with van der Waals surface area (Å²) in [6.45, 7) is 0.826. The highest BCUT2D eigenvalue weighted by atomic mass is 35.5. The van der Waals surface area contributed by atoms with Crippen LogP contribution in [0.25, 0.3) is 11.3 Å². The van der Waals surface area contributed by atoms with Gasteiger partial charge in [-0.15, -0.1) is 0 Å². The number of nitrogens with zero attached hydrogens (tertiary/aromatic N) is 2. The van der Waals surface area contributed by atoms with Crippen LogP contribution in [-0.4, -0.2) is 48.4 Å². The molecule has 4 rings (SSSR count). The van der Waals surface area contributed by atoms with Crippen molar-refractivity contribution in [3.05, 3.63) is 69.3 Å². The number of hydrogen-bond acceptors (Lipinski definition) is 4. The van der Waals surface area contributed by atoms with E-state index in [4.69, 9.17) is 32.7 Å². The van der Waals surface area contributed by atoms with Crippen molar-refractivity contribution < 1.29 is 14.3 Å². The Morgan fingerprint density at radius 2 is 1.90 bits per heavy atom. The number of carbonyl (C=O) groups is 1. The van der Waals surface area contributed by atoms with E-state index in [-0.39, 0.29) is 5.91 Å². The molecule has 0 fully saturated rings. The molecule has 0 aliphatic carbocycles. The molecule has 1 aliphatic heterocycles. The van der Waals surface area contributed by atoms with E-state index in [2.05, 4.69) is 10.2 Å². The lowest BCUT2D eigenvalue weighted by molar-refractivity contribution is 0.0677. The number of fused-ring (bicyclic) bond motifs is 1. The summed E-state index contributed by atoms with van der Waals surface area (Å²) in [6, 6.07) is 12.5. The van der Waals surface area contributed by atoms with Crippen LogP contribution in [0.4, 0.5) is 0 Å². The summed E-state index contributed by atoms with van der Waals surface area (Å²) in [5.41, 5.74) is 3.62. The van der Waals surface area contributed by atoms with Gasteiger partial charge in [-0.2, -0.15) is 5.10 Å². The fraction of sp³-hybridized carbons (Fsp3) is 0.238. The van der Waals surface area contributed by atoms with Gasteiger partial charge in [0, 0.05) is 34.8 Å². The maximum Gasteiger partial charge on any atom is 0.273 e. The summed E-state index contributed by atoms with van der Waals surface area (Å²) in [5.74, 6) is 0.608. The van der Waals surface area contributed by atoms with Gasteiger partial charge in [0.1, 0.15) is 11.4 Å². The van der Waals surface area contributed by atoms with Gasteiger partial charge >= 0.3 is 0 Å². The van der Waals surface area contributed by atoms with Crippen LogP contribution in [0.2, 0.25) is 10.0 Å². The Bertz CT molecular complexity index is 1050.